The molecule has 0 fully saturated rings. The Morgan fingerprint density at radius 3 is 2.67 bits per heavy atom. The van der Waals surface area contributed by atoms with Gasteiger partial charge in [-0.2, -0.15) is 0 Å². The van der Waals surface area contributed by atoms with Gasteiger partial charge in [0.15, 0.2) is 6.10 Å². The second-order valence-electron chi connectivity index (χ2n) is 6.46. The minimum atomic E-state index is -0.711. The van der Waals surface area contributed by atoms with Crippen molar-refractivity contribution in [3.63, 3.8) is 0 Å². The lowest BCUT2D eigenvalue weighted by Crippen LogP contribution is -2.50. The highest BCUT2D eigenvalue weighted by molar-refractivity contribution is 5.97. The SMILES string of the molecule is CNC(=O)[C@@H]1CN(C(=O)CCCOc2ccc(C)cc2)c2ccccc2O1. The molecule has 3 rings (SSSR count). The van der Waals surface area contributed by atoms with Crippen molar-refractivity contribution in [2.75, 3.05) is 25.1 Å². The molecule has 2 amide bonds. The number of fused-ring (bicyclic) bond motifs is 1. The third kappa shape index (κ3) is 4.58. The third-order valence-electron chi connectivity index (χ3n) is 4.44. The first-order chi connectivity index (χ1) is 13.1. The van der Waals surface area contributed by atoms with E-state index in [0.717, 1.165) is 5.75 Å². The molecular formula is C21H24N2O4. The number of nitrogens with one attached hydrogen (secondary N) is 1. The summed E-state index contributed by atoms with van der Waals surface area (Å²) in [5, 5.41) is 2.58. The summed E-state index contributed by atoms with van der Waals surface area (Å²) in [6, 6.07) is 15.1. The van der Waals surface area contributed by atoms with Gasteiger partial charge < -0.3 is 19.7 Å². The van der Waals surface area contributed by atoms with Gasteiger partial charge in [-0.25, -0.2) is 0 Å². The van der Waals surface area contributed by atoms with E-state index in [1.54, 1.807) is 18.0 Å². The lowest BCUT2D eigenvalue weighted by molar-refractivity contribution is -0.128. The predicted octanol–water partition coefficient (Wildman–Crippen LogP) is 2.69. The number of nitrogens with zero attached hydrogens (tertiary/aromatic N) is 1. The van der Waals surface area contributed by atoms with Crippen LogP contribution >= 0.6 is 0 Å². The van der Waals surface area contributed by atoms with Crippen molar-refractivity contribution in [3.8, 4) is 11.5 Å². The molecule has 1 N–H and O–H groups in total. The number of ether oxygens (including phenoxy) is 2. The van der Waals surface area contributed by atoms with E-state index in [0.29, 0.717) is 30.9 Å². The summed E-state index contributed by atoms with van der Waals surface area (Å²) < 4.78 is 11.4. The van der Waals surface area contributed by atoms with E-state index in [9.17, 15) is 9.59 Å². The van der Waals surface area contributed by atoms with Crippen LogP contribution in [0.5, 0.6) is 11.5 Å². The van der Waals surface area contributed by atoms with Crippen molar-refractivity contribution in [2.24, 2.45) is 0 Å². The minimum Gasteiger partial charge on any atom is -0.494 e. The molecule has 0 saturated carbocycles. The monoisotopic (exact) mass is 368 g/mol. The highest BCUT2D eigenvalue weighted by atomic mass is 16.5. The minimum absolute atomic E-state index is 0.0489. The van der Waals surface area contributed by atoms with Crippen LogP contribution in [0.2, 0.25) is 0 Å². The van der Waals surface area contributed by atoms with Crippen LogP contribution in [0.4, 0.5) is 5.69 Å². The molecule has 0 aromatic heterocycles. The summed E-state index contributed by atoms with van der Waals surface area (Å²) in [6.07, 6.45) is 0.218. The van der Waals surface area contributed by atoms with E-state index in [2.05, 4.69) is 5.32 Å². The van der Waals surface area contributed by atoms with E-state index in [4.69, 9.17) is 9.47 Å². The molecule has 0 saturated heterocycles. The van der Waals surface area contributed by atoms with Crippen LogP contribution in [0.15, 0.2) is 48.5 Å². The Morgan fingerprint density at radius 2 is 1.93 bits per heavy atom. The van der Waals surface area contributed by atoms with Crippen LogP contribution in [-0.4, -0.2) is 38.1 Å². The molecule has 0 radical (unpaired) electrons. The fourth-order valence-electron chi connectivity index (χ4n) is 2.95. The number of hydrogen-bond donors (Lipinski definition) is 1. The Kier molecular flexibility index (Phi) is 5.96. The van der Waals surface area contributed by atoms with Gasteiger partial charge in [0, 0.05) is 13.5 Å². The molecule has 1 atom stereocenters. The van der Waals surface area contributed by atoms with Crippen LogP contribution in [-0.2, 0) is 9.59 Å². The molecule has 2 aromatic rings. The highest BCUT2D eigenvalue weighted by Crippen LogP contribution is 2.33. The molecule has 0 bridgehead atoms. The Morgan fingerprint density at radius 1 is 1.19 bits per heavy atom. The van der Waals surface area contributed by atoms with Crippen LogP contribution in [0, 0.1) is 6.92 Å². The second-order valence-corrected chi connectivity index (χ2v) is 6.46. The summed E-state index contributed by atoms with van der Waals surface area (Å²) >= 11 is 0. The zero-order valence-corrected chi connectivity index (χ0v) is 15.6. The van der Waals surface area contributed by atoms with Gasteiger partial charge in [0.05, 0.1) is 18.8 Å². The number of hydrogen-bond acceptors (Lipinski definition) is 4. The number of aryl methyl sites for hydroxylation is 1. The van der Waals surface area contributed by atoms with Crippen molar-refractivity contribution in [3.05, 3.63) is 54.1 Å². The fourth-order valence-corrected chi connectivity index (χ4v) is 2.95. The molecule has 0 spiro atoms. The quantitative estimate of drug-likeness (QED) is 0.796. The molecular weight excluding hydrogens is 344 g/mol. The van der Waals surface area contributed by atoms with E-state index in [1.165, 1.54) is 5.56 Å². The summed E-state index contributed by atoms with van der Waals surface area (Å²) in [5.41, 5.74) is 1.87. The number of anilines is 1. The van der Waals surface area contributed by atoms with Crippen LogP contribution in [0.3, 0.4) is 0 Å². The van der Waals surface area contributed by atoms with E-state index in [1.807, 2.05) is 49.4 Å². The Labute approximate surface area is 159 Å². The van der Waals surface area contributed by atoms with Crippen molar-refractivity contribution in [1.82, 2.24) is 5.32 Å². The van der Waals surface area contributed by atoms with Crippen molar-refractivity contribution >= 4 is 17.5 Å². The number of likely N-dealkylation sites (N-methyl/N-ethyl adjacent to an activating group) is 1. The first-order valence-electron chi connectivity index (χ1n) is 9.05. The molecule has 6 nitrogen and oxygen atoms in total. The number of carbonyl (C=O) groups excluding carboxylic acids is 2. The van der Waals surface area contributed by atoms with Gasteiger partial charge in [-0.05, 0) is 37.6 Å². The normalized spacial score (nSPS) is 15.5. The Bertz CT molecular complexity index is 804. The van der Waals surface area contributed by atoms with Gasteiger partial charge in [0.1, 0.15) is 11.5 Å². The molecule has 0 unspecified atom stereocenters. The third-order valence-corrected chi connectivity index (χ3v) is 4.44. The Hall–Kier alpha value is -3.02. The van der Waals surface area contributed by atoms with Gasteiger partial charge in [0.25, 0.3) is 5.91 Å². The Balaban J connectivity index is 1.59. The summed E-state index contributed by atoms with van der Waals surface area (Å²) in [5.74, 6) is 1.04. The summed E-state index contributed by atoms with van der Waals surface area (Å²) in [6.45, 7) is 2.68. The predicted molar refractivity (Wildman–Crippen MR) is 103 cm³/mol. The molecule has 0 aliphatic carbocycles. The van der Waals surface area contributed by atoms with Gasteiger partial charge in [-0.3, -0.25) is 9.59 Å². The second kappa shape index (κ2) is 8.58. The number of para-hydroxylation sites is 2. The zero-order chi connectivity index (χ0) is 19.2. The van der Waals surface area contributed by atoms with E-state index in [-0.39, 0.29) is 18.4 Å². The highest BCUT2D eigenvalue weighted by Gasteiger charge is 2.32. The maximum atomic E-state index is 12.8. The number of benzene rings is 2. The number of amides is 2. The molecule has 1 aliphatic rings. The van der Waals surface area contributed by atoms with Crippen LogP contribution < -0.4 is 19.7 Å². The largest absolute Gasteiger partial charge is 0.494 e. The molecule has 27 heavy (non-hydrogen) atoms. The van der Waals surface area contributed by atoms with E-state index >= 15 is 0 Å². The van der Waals surface area contributed by atoms with Crippen LogP contribution in [0.25, 0.3) is 0 Å². The zero-order valence-electron chi connectivity index (χ0n) is 15.6. The van der Waals surface area contributed by atoms with Crippen molar-refractivity contribution in [1.29, 1.82) is 0 Å². The fraction of sp³-hybridized carbons (Fsp3) is 0.333. The molecule has 2 aromatic carbocycles. The molecule has 1 heterocycles. The molecule has 1 aliphatic heterocycles. The maximum absolute atomic E-state index is 12.8. The lowest BCUT2D eigenvalue weighted by atomic mass is 10.1. The van der Waals surface area contributed by atoms with Crippen LogP contribution in [0.1, 0.15) is 18.4 Å². The van der Waals surface area contributed by atoms with Crippen molar-refractivity contribution in [2.45, 2.75) is 25.9 Å². The number of rotatable bonds is 6. The lowest BCUT2D eigenvalue weighted by Gasteiger charge is -2.34. The first-order valence-corrected chi connectivity index (χ1v) is 9.05. The maximum Gasteiger partial charge on any atom is 0.262 e. The van der Waals surface area contributed by atoms with Gasteiger partial charge in [-0.15, -0.1) is 0 Å². The van der Waals surface area contributed by atoms with Crippen molar-refractivity contribution < 1.29 is 19.1 Å². The average Bonchev–Trinajstić information content (AvgIpc) is 2.70. The average molecular weight is 368 g/mol. The summed E-state index contributed by atoms with van der Waals surface area (Å²) in [4.78, 5) is 26.4. The van der Waals surface area contributed by atoms with E-state index < -0.39 is 6.10 Å². The molecule has 6 heteroatoms. The topological polar surface area (TPSA) is 67.9 Å². The standard InChI is InChI=1S/C21H24N2O4/c1-15-9-11-16(12-10-15)26-13-5-8-20(24)23-14-19(21(25)22-2)27-18-7-4-3-6-17(18)23/h3-4,6-7,9-12,19H,5,8,13-14H2,1-2H3,(H,22,25)/t19-/m0/s1. The first kappa shape index (κ1) is 18.8. The van der Waals surface area contributed by atoms with Gasteiger partial charge in [-0.1, -0.05) is 29.8 Å². The van der Waals surface area contributed by atoms with Gasteiger partial charge in [0.2, 0.25) is 5.91 Å². The summed E-state index contributed by atoms with van der Waals surface area (Å²) in [7, 11) is 1.56. The number of carbonyl (C=O) groups is 2. The van der Waals surface area contributed by atoms with Gasteiger partial charge >= 0.3 is 0 Å². The smallest absolute Gasteiger partial charge is 0.262 e. The molecule has 142 valence electrons.